The van der Waals surface area contributed by atoms with Gasteiger partial charge in [0.05, 0.1) is 5.92 Å². The highest BCUT2D eigenvalue weighted by Gasteiger charge is 2.28. The van der Waals surface area contributed by atoms with E-state index >= 15 is 0 Å². The molecule has 0 bridgehead atoms. The number of aliphatic carboxylic acids is 1. The minimum absolute atomic E-state index is 0.222. The SMILES string of the molecule is Cc1ccc(C[C@H](C)c2cc(C)c(Cl)c(C)c2)cc1CN1CC[C@@H](C(=O)O)C1. The topological polar surface area (TPSA) is 40.5 Å². The van der Waals surface area contributed by atoms with Crippen molar-refractivity contribution in [2.24, 2.45) is 5.92 Å². The van der Waals surface area contributed by atoms with Gasteiger partial charge in [0.2, 0.25) is 0 Å². The van der Waals surface area contributed by atoms with E-state index in [1.807, 2.05) is 0 Å². The van der Waals surface area contributed by atoms with E-state index in [1.54, 1.807) is 0 Å². The van der Waals surface area contributed by atoms with E-state index < -0.39 is 5.97 Å². The summed E-state index contributed by atoms with van der Waals surface area (Å²) in [5, 5.41) is 10.1. The van der Waals surface area contributed by atoms with E-state index in [9.17, 15) is 9.90 Å². The third-order valence-corrected chi connectivity index (χ3v) is 6.59. The van der Waals surface area contributed by atoms with Crippen molar-refractivity contribution >= 4 is 17.6 Å². The lowest BCUT2D eigenvalue weighted by Crippen LogP contribution is -2.23. The Morgan fingerprint density at radius 2 is 1.86 bits per heavy atom. The summed E-state index contributed by atoms with van der Waals surface area (Å²) in [5.41, 5.74) is 7.50. The Kier molecular flexibility index (Phi) is 6.47. The second-order valence-corrected chi connectivity index (χ2v) is 8.77. The van der Waals surface area contributed by atoms with Crippen LogP contribution >= 0.6 is 11.6 Å². The van der Waals surface area contributed by atoms with Crippen molar-refractivity contribution in [1.82, 2.24) is 4.90 Å². The van der Waals surface area contributed by atoms with Gasteiger partial charge in [0.25, 0.3) is 0 Å². The number of hydrogen-bond acceptors (Lipinski definition) is 2. The predicted molar refractivity (Wildman–Crippen MR) is 115 cm³/mol. The molecule has 1 aliphatic rings. The molecule has 1 fully saturated rings. The summed E-state index contributed by atoms with van der Waals surface area (Å²) in [4.78, 5) is 13.5. The minimum atomic E-state index is -0.671. The smallest absolute Gasteiger partial charge is 0.307 e. The average molecular weight is 400 g/mol. The number of carboxylic acid groups (broad SMARTS) is 1. The third kappa shape index (κ3) is 4.76. The molecule has 4 heteroatoms. The first-order valence-corrected chi connectivity index (χ1v) is 10.4. The van der Waals surface area contributed by atoms with Crippen LogP contribution in [0, 0.1) is 26.7 Å². The van der Waals surface area contributed by atoms with Crippen LogP contribution in [0.5, 0.6) is 0 Å². The van der Waals surface area contributed by atoms with Gasteiger partial charge in [-0.05, 0) is 79.5 Å². The Morgan fingerprint density at radius 1 is 1.18 bits per heavy atom. The normalized spacial score (nSPS) is 18.4. The number of likely N-dealkylation sites (tertiary alicyclic amines) is 1. The molecule has 1 saturated heterocycles. The number of hydrogen-bond donors (Lipinski definition) is 1. The molecule has 1 heterocycles. The van der Waals surface area contributed by atoms with Crippen LogP contribution in [-0.2, 0) is 17.8 Å². The molecule has 0 aromatic heterocycles. The monoisotopic (exact) mass is 399 g/mol. The average Bonchev–Trinajstić information content (AvgIpc) is 3.11. The summed E-state index contributed by atoms with van der Waals surface area (Å²) in [6.45, 7) is 10.9. The molecule has 2 aromatic rings. The lowest BCUT2D eigenvalue weighted by Gasteiger charge is -2.19. The zero-order chi connectivity index (χ0) is 20.4. The zero-order valence-electron chi connectivity index (χ0n) is 17.3. The van der Waals surface area contributed by atoms with Gasteiger partial charge in [-0.1, -0.05) is 48.9 Å². The van der Waals surface area contributed by atoms with E-state index in [2.05, 4.69) is 62.9 Å². The molecule has 0 amide bonds. The Hall–Kier alpha value is -1.84. The van der Waals surface area contributed by atoms with Crippen LogP contribution in [0.4, 0.5) is 0 Å². The fourth-order valence-corrected chi connectivity index (χ4v) is 4.29. The van der Waals surface area contributed by atoms with Gasteiger partial charge >= 0.3 is 5.97 Å². The van der Waals surface area contributed by atoms with Gasteiger partial charge in [-0.3, -0.25) is 9.69 Å². The summed E-state index contributed by atoms with van der Waals surface area (Å²) in [7, 11) is 0. The largest absolute Gasteiger partial charge is 0.481 e. The van der Waals surface area contributed by atoms with Gasteiger partial charge < -0.3 is 5.11 Å². The lowest BCUT2D eigenvalue weighted by atomic mass is 9.90. The van der Waals surface area contributed by atoms with E-state index in [0.717, 1.165) is 42.1 Å². The number of halogens is 1. The van der Waals surface area contributed by atoms with Gasteiger partial charge in [-0.15, -0.1) is 0 Å². The highest BCUT2D eigenvalue weighted by Crippen LogP contribution is 2.29. The Balaban J connectivity index is 1.72. The Labute approximate surface area is 173 Å². The first kappa shape index (κ1) is 20.9. The van der Waals surface area contributed by atoms with Crippen molar-refractivity contribution in [1.29, 1.82) is 0 Å². The quantitative estimate of drug-likeness (QED) is 0.695. The van der Waals surface area contributed by atoms with Crippen LogP contribution in [-0.4, -0.2) is 29.1 Å². The molecule has 3 nitrogen and oxygen atoms in total. The molecular weight excluding hydrogens is 370 g/mol. The van der Waals surface area contributed by atoms with Crippen LogP contribution in [0.2, 0.25) is 5.02 Å². The van der Waals surface area contributed by atoms with Crippen molar-refractivity contribution < 1.29 is 9.90 Å². The molecule has 0 aliphatic carbocycles. The maximum Gasteiger partial charge on any atom is 0.307 e. The molecule has 1 N–H and O–H groups in total. The number of benzene rings is 2. The van der Waals surface area contributed by atoms with Crippen LogP contribution in [0.3, 0.4) is 0 Å². The van der Waals surface area contributed by atoms with Crippen molar-refractivity contribution in [3.8, 4) is 0 Å². The molecule has 0 unspecified atom stereocenters. The zero-order valence-corrected chi connectivity index (χ0v) is 18.0. The Morgan fingerprint density at radius 3 is 2.46 bits per heavy atom. The fraction of sp³-hybridized carbons (Fsp3) is 0.458. The van der Waals surface area contributed by atoms with Crippen LogP contribution in [0.1, 0.15) is 52.6 Å². The number of nitrogens with zero attached hydrogens (tertiary/aromatic N) is 1. The predicted octanol–water partition coefficient (Wildman–Crippen LogP) is 5.52. The van der Waals surface area contributed by atoms with Gasteiger partial charge in [-0.2, -0.15) is 0 Å². The van der Waals surface area contributed by atoms with Gasteiger partial charge in [0.15, 0.2) is 0 Å². The molecule has 3 rings (SSSR count). The van der Waals surface area contributed by atoms with Crippen LogP contribution in [0.25, 0.3) is 0 Å². The molecule has 2 aromatic carbocycles. The molecule has 0 saturated carbocycles. The first-order chi connectivity index (χ1) is 13.2. The minimum Gasteiger partial charge on any atom is -0.481 e. The summed E-state index contributed by atoms with van der Waals surface area (Å²) < 4.78 is 0. The molecule has 0 radical (unpaired) electrons. The van der Waals surface area contributed by atoms with Crippen LogP contribution < -0.4 is 0 Å². The maximum atomic E-state index is 11.2. The summed E-state index contributed by atoms with van der Waals surface area (Å²) >= 11 is 6.32. The van der Waals surface area contributed by atoms with E-state index in [-0.39, 0.29) is 5.92 Å². The molecule has 150 valence electrons. The summed E-state index contributed by atoms with van der Waals surface area (Å²) in [5.74, 6) is -0.483. The number of rotatable bonds is 6. The van der Waals surface area contributed by atoms with Gasteiger partial charge in [-0.25, -0.2) is 0 Å². The van der Waals surface area contributed by atoms with Crippen molar-refractivity contribution in [2.75, 3.05) is 13.1 Å². The van der Waals surface area contributed by atoms with E-state index in [0.29, 0.717) is 12.5 Å². The highest BCUT2D eigenvalue weighted by molar-refractivity contribution is 6.32. The Bertz CT molecular complexity index is 854. The fourth-order valence-electron chi connectivity index (χ4n) is 4.18. The summed E-state index contributed by atoms with van der Waals surface area (Å²) in [6.07, 6.45) is 1.73. The second kappa shape index (κ2) is 8.67. The molecule has 2 atom stereocenters. The van der Waals surface area contributed by atoms with Gasteiger partial charge in [0.1, 0.15) is 0 Å². The highest BCUT2D eigenvalue weighted by atomic mass is 35.5. The molecular formula is C24H30ClNO2. The number of carbonyl (C=O) groups is 1. The number of carboxylic acids is 1. The second-order valence-electron chi connectivity index (χ2n) is 8.39. The molecule has 0 spiro atoms. The third-order valence-electron chi connectivity index (χ3n) is 6.00. The van der Waals surface area contributed by atoms with E-state index in [1.165, 1.54) is 22.3 Å². The molecule has 28 heavy (non-hydrogen) atoms. The van der Waals surface area contributed by atoms with Gasteiger partial charge in [0, 0.05) is 18.1 Å². The van der Waals surface area contributed by atoms with Crippen molar-refractivity contribution in [3.05, 3.63) is 68.7 Å². The first-order valence-electron chi connectivity index (χ1n) is 10.0. The van der Waals surface area contributed by atoms with Crippen LogP contribution in [0.15, 0.2) is 30.3 Å². The number of aryl methyl sites for hydroxylation is 3. The van der Waals surface area contributed by atoms with Crippen molar-refractivity contribution in [3.63, 3.8) is 0 Å². The maximum absolute atomic E-state index is 11.2. The molecule has 1 aliphatic heterocycles. The lowest BCUT2D eigenvalue weighted by molar-refractivity contribution is -0.141. The van der Waals surface area contributed by atoms with E-state index in [4.69, 9.17) is 11.6 Å². The standard InChI is InChI=1S/C24H30ClNO2/c1-15-5-6-19(9-16(2)21-10-17(3)23(25)18(4)11-21)12-22(15)14-26-8-7-20(13-26)24(27)28/h5-6,10-12,16,20H,7-9,13-14H2,1-4H3,(H,27,28)/t16-,20+/m0/s1. The summed E-state index contributed by atoms with van der Waals surface area (Å²) in [6, 6.07) is 11.1. The van der Waals surface area contributed by atoms with Crippen molar-refractivity contribution in [2.45, 2.75) is 53.0 Å².